The predicted molar refractivity (Wildman–Crippen MR) is 82.7 cm³/mol. The van der Waals surface area contributed by atoms with Crippen LogP contribution in [0.3, 0.4) is 0 Å². The van der Waals surface area contributed by atoms with Crippen LogP contribution in [0.15, 0.2) is 40.8 Å². The number of rotatable bonds is 5. The molecule has 0 aromatic heterocycles. The molecule has 18 heteroatoms. The molecule has 0 aliphatic carbocycles. The highest BCUT2D eigenvalue weighted by atomic mass is 32.2. The van der Waals surface area contributed by atoms with Crippen LogP contribution in [0.1, 0.15) is 5.56 Å². The van der Waals surface area contributed by atoms with E-state index in [0.29, 0.717) is 0 Å². The Morgan fingerprint density at radius 1 is 0.529 bits per heavy atom. The Kier molecular flexibility index (Phi) is 7.95. The zero-order valence-electron chi connectivity index (χ0n) is 15.4. The fourth-order valence-corrected chi connectivity index (χ4v) is 3.75. The molecule has 1 aromatic carbocycles. The summed E-state index contributed by atoms with van der Waals surface area (Å²) in [5.74, 6) is -1.64. The maximum absolute atomic E-state index is 14.5. The van der Waals surface area contributed by atoms with Crippen molar-refractivity contribution in [1.82, 2.24) is 0 Å². The lowest BCUT2D eigenvalue weighted by Crippen LogP contribution is -2.61. The molecule has 0 N–H and O–H groups in total. The second kappa shape index (κ2) is 8.96. The number of allylic oxidation sites excluding steroid dienone is 2. The summed E-state index contributed by atoms with van der Waals surface area (Å²) < 4.78 is 225. The lowest BCUT2D eigenvalue weighted by molar-refractivity contribution is -0.343. The number of hydrogen-bond donors (Lipinski definition) is 0. The Balaban J connectivity index is 4.31. The molecule has 0 fully saturated rings. The number of halogens is 17. The van der Waals surface area contributed by atoms with Gasteiger partial charge in [0.05, 0.1) is 4.91 Å². The van der Waals surface area contributed by atoms with Gasteiger partial charge in [-0.15, -0.1) is 11.8 Å². The zero-order valence-corrected chi connectivity index (χ0v) is 16.2. The molecule has 0 saturated carbocycles. The molecule has 34 heavy (non-hydrogen) atoms. The molecule has 0 nitrogen and oxygen atoms in total. The first-order chi connectivity index (χ1) is 14.8. The van der Waals surface area contributed by atoms with Crippen molar-refractivity contribution >= 4 is 11.8 Å². The highest BCUT2D eigenvalue weighted by Crippen LogP contribution is 2.62. The first-order valence-corrected chi connectivity index (χ1v) is 8.96. The van der Waals surface area contributed by atoms with Gasteiger partial charge in [0.25, 0.3) is 0 Å². The molecule has 0 spiro atoms. The Morgan fingerprint density at radius 2 is 0.882 bits per heavy atom. The first-order valence-electron chi connectivity index (χ1n) is 7.97. The van der Waals surface area contributed by atoms with E-state index in [4.69, 9.17) is 0 Å². The van der Waals surface area contributed by atoms with Crippen LogP contribution >= 0.6 is 11.8 Å². The van der Waals surface area contributed by atoms with Crippen molar-refractivity contribution < 1.29 is 74.6 Å². The highest BCUT2D eigenvalue weighted by Gasteiger charge is 2.83. The van der Waals surface area contributed by atoms with Gasteiger partial charge in [0.15, 0.2) is 0 Å². The largest absolute Gasteiger partial charge is 0.436 e. The fraction of sp³-hybridized carbons (Fsp3) is 0.500. The summed E-state index contributed by atoms with van der Waals surface area (Å²) in [4.78, 5) is -4.25. The first kappa shape index (κ1) is 30.2. The lowest BCUT2D eigenvalue weighted by atomic mass is 9.88. The van der Waals surface area contributed by atoms with E-state index in [2.05, 4.69) is 0 Å². The molecular formula is C16H7F17S. The molecule has 0 unspecified atom stereocenters. The van der Waals surface area contributed by atoms with Crippen molar-refractivity contribution in [2.45, 2.75) is 48.0 Å². The van der Waals surface area contributed by atoms with E-state index >= 15 is 0 Å². The average molecular weight is 554 g/mol. The van der Waals surface area contributed by atoms with Gasteiger partial charge in [-0.25, -0.2) is 8.78 Å². The minimum absolute atomic E-state index is 0.554. The van der Waals surface area contributed by atoms with Gasteiger partial charge >= 0.3 is 42.2 Å². The highest BCUT2D eigenvalue weighted by molar-refractivity contribution is 8.02. The number of hydrogen-bond acceptors (Lipinski definition) is 1. The lowest BCUT2D eigenvalue weighted by Gasteiger charge is -2.38. The van der Waals surface area contributed by atoms with Crippen LogP contribution in [0.2, 0.25) is 0 Å². The summed E-state index contributed by atoms with van der Waals surface area (Å²) >= 11 is -1.67. The monoisotopic (exact) mass is 554 g/mol. The van der Waals surface area contributed by atoms with Gasteiger partial charge in [-0.3, -0.25) is 0 Å². The molecular weight excluding hydrogens is 547 g/mol. The average Bonchev–Trinajstić information content (AvgIpc) is 2.60. The standard InChI is InChI=1S/C16H7F17S/c17-10(13(22,23)24,14(25,26)27)8(12(19,20)21)9(34-6-7-4-2-1-3-5-7)11(18,15(28,29)30)16(31,32)33/h1-5H,6H2/b9-8+. The molecule has 0 heterocycles. The summed E-state index contributed by atoms with van der Waals surface area (Å²) in [5, 5.41) is 0. The van der Waals surface area contributed by atoms with Gasteiger partial charge in [0.1, 0.15) is 5.57 Å². The van der Waals surface area contributed by atoms with Crippen molar-refractivity contribution in [3.8, 4) is 0 Å². The Bertz CT molecular complexity index is 838. The molecule has 1 aromatic rings. The summed E-state index contributed by atoms with van der Waals surface area (Å²) in [6.07, 6.45) is -38.3. The second-order valence-corrected chi connectivity index (χ2v) is 7.27. The van der Waals surface area contributed by atoms with E-state index in [9.17, 15) is 74.6 Å². The van der Waals surface area contributed by atoms with E-state index in [0.717, 1.165) is 30.3 Å². The minimum atomic E-state index is -7.87. The molecule has 0 amide bonds. The fourth-order valence-electron chi connectivity index (χ4n) is 2.42. The van der Waals surface area contributed by atoms with Gasteiger partial charge in [-0.2, -0.15) is 65.9 Å². The molecule has 196 valence electrons. The van der Waals surface area contributed by atoms with Gasteiger partial charge in [0, 0.05) is 5.75 Å². The second-order valence-electron chi connectivity index (χ2n) is 6.28. The molecule has 0 aliphatic rings. The molecule has 0 bridgehead atoms. The predicted octanol–water partition coefficient (Wildman–Crippen LogP) is 8.40. The third-order valence-corrected chi connectivity index (χ3v) is 5.21. The van der Waals surface area contributed by atoms with Gasteiger partial charge in [0.2, 0.25) is 0 Å². The van der Waals surface area contributed by atoms with Crippen LogP contribution in [0.25, 0.3) is 0 Å². The van der Waals surface area contributed by atoms with E-state index in [1.54, 1.807) is 0 Å². The van der Waals surface area contributed by atoms with Crippen LogP contribution in [-0.2, 0) is 5.75 Å². The quantitative estimate of drug-likeness (QED) is 0.330. The summed E-state index contributed by atoms with van der Waals surface area (Å²) in [6, 6.07) is 4.65. The Morgan fingerprint density at radius 3 is 1.18 bits per heavy atom. The summed E-state index contributed by atoms with van der Waals surface area (Å²) in [7, 11) is 0. The van der Waals surface area contributed by atoms with Crippen LogP contribution in [-0.4, -0.2) is 42.2 Å². The van der Waals surface area contributed by atoms with Crippen molar-refractivity contribution in [2.75, 3.05) is 0 Å². The van der Waals surface area contributed by atoms with Crippen molar-refractivity contribution in [3.05, 3.63) is 46.4 Å². The molecule has 0 radical (unpaired) electrons. The smallest absolute Gasteiger partial charge is 0.218 e. The SMILES string of the molecule is FC(F)(F)/C(=C(/SCc1ccccc1)C(F)(C(F)(F)F)C(F)(F)F)C(F)(C(F)(F)F)C(F)(F)F. The zero-order chi connectivity index (χ0) is 27.2. The van der Waals surface area contributed by atoms with E-state index in [-0.39, 0.29) is 0 Å². The van der Waals surface area contributed by atoms with Gasteiger partial charge in [-0.1, -0.05) is 30.3 Å². The minimum Gasteiger partial charge on any atom is -0.218 e. The normalized spacial score (nSPS) is 15.9. The molecule has 1 rings (SSSR count). The summed E-state index contributed by atoms with van der Waals surface area (Å²) in [5.41, 5.74) is -21.0. The van der Waals surface area contributed by atoms with Crippen molar-refractivity contribution in [1.29, 1.82) is 0 Å². The van der Waals surface area contributed by atoms with Crippen molar-refractivity contribution in [2.24, 2.45) is 0 Å². The maximum atomic E-state index is 14.5. The van der Waals surface area contributed by atoms with E-state index in [1.807, 2.05) is 0 Å². The third-order valence-electron chi connectivity index (χ3n) is 3.96. The van der Waals surface area contributed by atoms with Crippen molar-refractivity contribution in [3.63, 3.8) is 0 Å². The van der Waals surface area contributed by atoms with Gasteiger partial charge in [-0.05, 0) is 5.56 Å². The molecule has 0 aliphatic heterocycles. The van der Waals surface area contributed by atoms with Crippen LogP contribution in [0.4, 0.5) is 74.6 Å². The number of thioether (sulfide) groups is 1. The van der Waals surface area contributed by atoms with Gasteiger partial charge < -0.3 is 0 Å². The number of benzene rings is 1. The van der Waals surface area contributed by atoms with Crippen LogP contribution < -0.4 is 0 Å². The molecule has 0 atom stereocenters. The molecule has 0 saturated heterocycles. The Labute approximate surface area is 181 Å². The van der Waals surface area contributed by atoms with E-state index < -0.39 is 75.8 Å². The van der Waals surface area contributed by atoms with Crippen LogP contribution in [0, 0.1) is 0 Å². The maximum Gasteiger partial charge on any atom is 0.436 e. The summed E-state index contributed by atoms with van der Waals surface area (Å²) in [6.45, 7) is 0. The number of alkyl halides is 17. The van der Waals surface area contributed by atoms with E-state index in [1.165, 1.54) is 0 Å². The topological polar surface area (TPSA) is 0 Å². The third kappa shape index (κ3) is 5.35. The van der Waals surface area contributed by atoms with Crippen LogP contribution in [0.5, 0.6) is 0 Å². The Hall–Kier alpha value is -1.88.